The van der Waals surface area contributed by atoms with Crippen LogP contribution in [0.5, 0.6) is 0 Å². The van der Waals surface area contributed by atoms with Gasteiger partial charge in [-0.15, -0.1) is 11.8 Å². The minimum Gasteiger partial charge on any atom is -0.321 e. The largest absolute Gasteiger partial charge is 0.321 e. The second-order valence-electron chi connectivity index (χ2n) is 4.98. The molecule has 0 saturated carbocycles. The van der Waals surface area contributed by atoms with Crippen LogP contribution in [0.3, 0.4) is 0 Å². The summed E-state index contributed by atoms with van der Waals surface area (Å²) in [5.41, 5.74) is 7.42. The Kier molecular flexibility index (Phi) is 3.27. The lowest BCUT2D eigenvalue weighted by atomic mass is 10.0. The first-order valence-corrected chi connectivity index (χ1v) is 7.15. The van der Waals surface area contributed by atoms with E-state index in [1.807, 2.05) is 19.9 Å². The first-order valence-electron chi connectivity index (χ1n) is 6.27. The van der Waals surface area contributed by atoms with E-state index in [1.165, 1.54) is 11.8 Å². The molecule has 0 bridgehead atoms. The van der Waals surface area contributed by atoms with E-state index < -0.39 is 0 Å². The molecule has 8 heteroatoms. The van der Waals surface area contributed by atoms with Crippen LogP contribution in [0, 0.1) is 5.92 Å². The first kappa shape index (κ1) is 13.2. The van der Waals surface area contributed by atoms with Crippen LogP contribution in [0.15, 0.2) is 22.3 Å². The van der Waals surface area contributed by atoms with Crippen LogP contribution < -0.4 is 5.73 Å². The summed E-state index contributed by atoms with van der Waals surface area (Å²) in [5, 5.41) is 9.94. The number of thioether (sulfide) groups is 1. The lowest BCUT2D eigenvalue weighted by molar-refractivity contribution is -0.116. The summed E-state index contributed by atoms with van der Waals surface area (Å²) in [6.07, 6.45) is 3.47. The van der Waals surface area contributed by atoms with Crippen molar-refractivity contribution in [3.05, 3.63) is 18.0 Å². The van der Waals surface area contributed by atoms with Gasteiger partial charge in [0.05, 0.1) is 18.0 Å². The fourth-order valence-electron chi connectivity index (χ4n) is 1.93. The van der Waals surface area contributed by atoms with Gasteiger partial charge in [0.1, 0.15) is 16.8 Å². The molecule has 0 fully saturated rings. The standard InChI is InChI=1S/C12H14N6OS/c1-5(2)9(13)11-15-6-3-8(7-4-14-18-17-7)20-10(6)12(19)16-11/h3-5,9-10H,13H2,1-2H3,(H,14,17,18)/t9-,10?/m0/s1. The predicted octanol–water partition coefficient (Wildman–Crippen LogP) is 0.624. The number of aliphatic imine (C=N–C) groups is 2. The number of aromatic nitrogens is 3. The van der Waals surface area contributed by atoms with Crippen LogP contribution in [0.25, 0.3) is 4.91 Å². The zero-order valence-electron chi connectivity index (χ0n) is 11.1. The second-order valence-corrected chi connectivity index (χ2v) is 6.12. The minimum atomic E-state index is -0.384. The molecule has 3 heterocycles. The molecular weight excluding hydrogens is 276 g/mol. The number of carbonyl (C=O) groups is 1. The van der Waals surface area contributed by atoms with Crippen molar-refractivity contribution < 1.29 is 4.79 Å². The molecule has 0 aromatic carbocycles. The Morgan fingerprint density at radius 2 is 2.20 bits per heavy atom. The number of nitrogens with two attached hydrogens (primary N) is 1. The highest BCUT2D eigenvalue weighted by molar-refractivity contribution is 8.10. The Hall–Kier alpha value is -1.80. The zero-order chi connectivity index (χ0) is 14.3. The molecule has 1 amide bonds. The number of carbonyl (C=O) groups excluding carboxylic acids is 1. The topological polar surface area (TPSA) is 109 Å². The Balaban J connectivity index is 1.92. The lowest BCUT2D eigenvalue weighted by Crippen LogP contribution is -2.39. The number of hydrogen-bond acceptors (Lipinski definition) is 6. The van der Waals surface area contributed by atoms with Gasteiger partial charge in [-0.2, -0.15) is 20.4 Å². The number of hydrogen-bond donors (Lipinski definition) is 2. The van der Waals surface area contributed by atoms with E-state index in [9.17, 15) is 4.79 Å². The molecule has 20 heavy (non-hydrogen) atoms. The fourth-order valence-corrected chi connectivity index (χ4v) is 2.99. The second kappa shape index (κ2) is 4.95. The minimum absolute atomic E-state index is 0.176. The van der Waals surface area contributed by atoms with Gasteiger partial charge in [-0.3, -0.25) is 4.79 Å². The van der Waals surface area contributed by atoms with Gasteiger partial charge in [0, 0.05) is 4.91 Å². The molecule has 2 atom stereocenters. The summed E-state index contributed by atoms with van der Waals surface area (Å²) in [7, 11) is 0. The molecule has 2 aliphatic heterocycles. The van der Waals surface area contributed by atoms with Crippen molar-refractivity contribution in [2.75, 3.05) is 0 Å². The molecule has 0 saturated heterocycles. The average Bonchev–Trinajstić information content (AvgIpc) is 3.05. The summed E-state index contributed by atoms with van der Waals surface area (Å²) < 4.78 is 0. The van der Waals surface area contributed by atoms with Crippen molar-refractivity contribution >= 4 is 34.1 Å². The number of allylic oxidation sites excluding steroid dienone is 1. The predicted molar refractivity (Wildman–Crippen MR) is 78.4 cm³/mol. The SMILES string of the molecule is CC(C)[C@H](N)C1=NC(=O)C2SC(c3cn[nH]n3)=CC2=N1. The Morgan fingerprint density at radius 3 is 2.85 bits per heavy atom. The molecule has 3 N–H and O–H groups in total. The van der Waals surface area contributed by atoms with E-state index in [1.54, 1.807) is 6.20 Å². The quantitative estimate of drug-likeness (QED) is 0.848. The molecule has 1 unspecified atom stereocenters. The number of nitrogens with one attached hydrogen (secondary N) is 1. The van der Waals surface area contributed by atoms with Crippen molar-refractivity contribution in [3.8, 4) is 0 Å². The van der Waals surface area contributed by atoms with Crippen LogP contribution in [0.4, 0.5) is 0 Å². The molecule has 0 spiro atoms. The third-order valence-electron chi connectivity index (χ3n) is 3.17. The highest BCUT2D eigenvalue weighted by atomic mass is 32.2. The van der Waals surface area contributed by atoms with E-state index in [0.717, 1.165) is 4.91 Å². The van der Waals surface area contributed by atoms with Crippen LogP contribution >= 0.6 is 11.8 Å². The summed E-state index contributed by atoms with van der Waals surface area (Å²) in [4.78, 5) is 21.4. The van der Waals surface area contributed by atoms with Gasteiger partial charge >= 0.3 is 0 Å². The van der Waals surface area contributed by atoms with Crippen LogP contribution in [0.2, 0.25) is 0 Å². The van der Waals surface area contributed by atoms with E-state index in [4.69, 9.17) is 5.73 Å². The Morgan fingerprint density at radius 1 is 1.40 bits per heavy atom. The van der Waals surface area contributed by atoms with Crippen molar-refractivity contribution in [2.24, 2.45) is 21.6 Å². The van der Waals surface area contributed by atoms with Crippen molar-refractivity contribution in [3.63, 3.8) is 0 Å². The van der Waals surface area contributed by atoms with Crippen LogP contribution in [-0.4, -0.2) is 44.2 Å². The number of fused-ring (bicyclic) bond motifs is 1. The number of rotatable bonds is 3. The average molecular weight is 290 g/mol. The third-order valence-corrected chi connectivity index (χ3v) is 4.43. The molecule has 3 rings (SSSR count). The first-order chi connectivity index (χ1) is 9.56. The molecule has 104 valence electrons. The number of amides is 1. The van der Waals surface area contributed by atoms with Gasteiger partial charge in [0.15, 0.2) is 0 Å². The van der Waals surface area contributed by atoms with Gasteiger partial charge in [0.2, 0.25) is 0 Å². The number of amidine groups is 1. The van der Waals surface area contributed by atoms with E-state index in [2.05, 4.69) is 25.4 Å². The highest BCUT2D eigenvalue weighted by Crippen LogP contribution is 2.38. The van der Waals surface area contributed by atoms with Crippen molar-refractivity contribution in [1.29, 1.82) is 0 Å². The summed E-state index contributed by atoms with van der Waals surface area (Å²) >= 11 is 1.39. The van der Waals surface area contributed by atoms with E-state index in [-0.39, 0.29) is 23.1 Å². The number of aromatic amines is 1. The molecule has 2 aliphatic rings. The summed E-state index contributed by atoms with van der Waals surface area (Å²) in [6.45, 7) is 3.95. The number of nitrogens with zero attached hydrogens (tertiary/aromatic N) is 4. The summed E-state index contributed by atoms with van der Waals surface area (Å²) in [6, 6.07) is -0.332. The highest BCUT2D eigenvalue weighted by Gasteiger charge is 2.36. The van der Waals surface area contributed by atoms with Gasteiger partial charge in [0.25, 0.3) is 5.91 Å². The maximum Gasteiger partial charge on any atom is 0.267 e. The molecule has 1 aromatic heterocycles. The van der Waals surface area contributed by atoms with Gasteiger partial charge < -0.3 is 5.73 Å². The Labute approximate surface area is 119 Å². The van der Waals surface area contributed by atoms with E-state index in [0.29, 0.717) is 17.2 Å². The monoisotopic (exact) mass is 290 g/mol. The lowest BCUT2D eigenvalue weighted by Gasteiger charge is -2.19. The van der Waals surface area contributed by atoms with Crippen molar-refractivity contribution in [2.45, 2.75) is 25.1 Å². The third kappa shape index (κ3) is 2.20. The van der Waals surface area contributed by atoms with Gasteiger partial charge in [-0.25, -0.2) is 4.99 Å². The van der Waals surface area contributed by atoms with Gasteiger partial charge in [-0.05, 0) is 12.0 Å². The van der Waals surface area contributed by atoms with Crippen LogP contribution in [0.1, 0.15) is 19.5 Å². The van der Waals surface area contributed by atoms with Gasteiger partial charge in [-0.1, -0.05) is 13.8 Å². The molecule has 1 aromatic rings. The molecule has 0 aliphatic carbocycles. The smallest absolute Gasteiger partial charge is 0.267 e. The van der Waals surface area contributed by atoms with Crippen LogP contribution in [-0.2, 0) is 4.79 Å². The summed E-state index contributed by atoms with van der Waals surface area (Å²) in [5.74, 6) is 0.380. The van der Waals surface area contributed by atoms with E-state index >= 15 is 0 Å². The maximum atomic E-state index is 12.1. The molecular formula is C12H14N6OS. The fraction of sp³-hybridized carbons (Fsp3) is 0.417. The maximum absolute atomic E-state index is 12.1. The normalized spacial score (nSPS) is 23.3. The Bertz CT molecular complexity index is 630. The molecule has 0 radical (unpaired) electrons. The zero-order valence-corrected chi connectivity index (χ0v) is 11.9. The number of H-pyrrole nitrogens is 1. The molecule has 7 nitrogen and oxygen atoms in total. The van der Waals surface area contributed by atoms with Crippen molar-refractivity contribution in [1.82, 2.24) is 15.4 Å².